The van der Waals surface area contributed by atoms with E-state index in [-0.39, 0.29) is 5.91 Å². The summed E-state index contributed by atoms with van der Waals surface area (Å²) in [7, 11) is 1.65. The topological polar surface area (TPSA) is 45.9 Å². The van der Waals surface area contributed by atoms with E-state index in [9.17, 15) is 4.79 Å². The van der Waals surface area contributed by atoms with Crippen molar-refractivity contribution < 1.29 is 13.9 Å². The number of likely N-dealkylation sites (N-methyl/N-ethyl adjacent to an activating group) is 1. The van der Waals surface area contributed by atoms with E-state index in [1.807, 2.05) is 24.2 Å². The van der Waals surface area contributed by atoms with Gasteiger partial charge in [-0.15, -0.1) is 0 Å². The Hall–Kier alpha value is -3.57. The highest BCUT2D eigenvalue weighted by Gasteiger charge is 2.20. The van der Waals surface area contributed by atoms with Crippen LogP contribution in [0, 0.1) is 0 Å². The molecule has 2 heterocycles. The van der Waals surface area contributed by atoms with Crippen molar-refractivity contribution in [2.45, 2.75) is 13.8 Å². The van der Waals surface area contributed by atoms with Gasteiger partial charge in [0.05, 0.1) is 13.4 Å². The molecule has 34 heavy (non-hydrogen) atoms. The number of amides is 1. The Kier molecular flexibility index (Phi) is 6.12. The minimum absolute atomic E-state index is 0.0527. The summed E-state index contributed by atoms with van der Waals surface area (Å²) < 4.78 is 11.6. The molecule has 0 bridgehead atoms. The lowest BCUT2D eigenvalue weighted by Crippen LogP contribution is -2.48. The number of ether oxygens (including phenoxy) is 1. The van der Waals surface area contributed by atoms with Crippen LogP contribution in [0.3, 0.4) is 0 Å². The van der Waals surface area contributed by atoms with Crippen LogP contribution in [0.15, 0.2) is 71.4 Å². The molecular weight excluding hydrogens is 424 g/mol. The van der Waals surface area contributed by atoms with Crippen LogP contribution >= 0.6 is 0 Å². The van der Waals surface area contributed by atoms with Crippen LogP contribution < -0.4 is 4.74 Å². The van der Waals surface area contributed by atoms with Crippen molar-refractivity contribution >= 4 is 33.2 Å². The number of carbonyl (C=O) groups is 1. The summed E-state index contributed by atoms with van der Waals surface area (Å²) in [5.74, 6) is 0.751. The van der Waals surface area contributed by atoms with Crippen LogP contribution in [-0.2, 0) is 4.79 Å². The molecule has 0 aliphatic carbocycles. The van der Waals surface area contributed by atoms with Gasteiger partial charge in [0, 0.05) is 54.8 Å². The van der Waals surface area contributed by atoms with Gasteiger partial charge < -0.3 is 19.0 Å². The first-order valence-electron chi connectivity index (χ1n) is 11.9. The predicted octanol–water partition coefficient (Wildman–Crippen LogP) is 5.83. The largest absolute Gasteiger partial charge is 0.496 e. The number of piperazine rings is 1. The van der Waals surface area contributed by atoms with E-state index in [0.717, 1.165) is 66.0 Å². The van der Waals surface area contributed by atoms with Gasteiger partial charge in [0.25, 0.3) is 0 Å². The lowest BCUT2D eigenvalue weighted by Gasteiger charge is -2.33. The maximum absolute atomic E-state index is 13.0. The molecule has 1 fully saturated rings. The molecule has 5 nitrogen and oxygen atoms in total. The molecule has 1 aromatic heterocycles. The number of methoxy groups -OCH3 is 1. The third kappa shape index (κ3) is 4.08. The number of allylic oxidation sites excluding steroid dienone is 1. The van der Waals surface area contributed by atoms with Crippen molar-refractivity contribution in [2.75, 3.05) is 39.8 Å². The second-order valence-corrected chi connectivity index (χ2v) is 8.81. The van der Waals surface area contributed by atoms with Crippen molar-refractivity contribution in [2.24, 2.45) is 0 Å². The first-order chi connectivity index (χ1) is 16.6. The van der Waals surface area contributed by atoms with Gasteiger partial charge in [-0.25, -0.2) is 0 Å². The van der Waals surface area contributed by atoms with Crippen LogP contribution in [0.5, 0.6) is 5.75 Å². The number of carbonyl (C=O) groups excluding carboxylic acids is 1. The number of hydrogen-bond donors (Lipinski definition) is 0. The number of hydrogen-bond acceptors (Lipinski definition) is 4. The zero-order valence-corrected chi connectivity index (χ0v) is 20.0. The van der Waals surface area contributed by atoms with Gasteiger partial charge in [0.1, 0.15) is 11.3 Å². The summed E-state index contributed by atoms with van der Waals surface area (Å²) >= 11 is 0. The van der Waals surface area contributed by atoms with E-state index in [4.69, 9.17) is 9.15 Å². The smallest absolute Gasteiger partial charge is 0.246 e. The molecule has 0 unspecified atom stereocenters. The quantitative estimate of drug-likeness (QED) is 0.356. The summed E-state index contributed by atoms with van der Waals surface area (Å²) in [5, 5.41) is 3.37. The number of furan rings is 1. The van der Waals surface area contributed by atoms with Gasteiger partial charge >= 0.3 is 0 Å². The molecule has 0 saturated carbocycles. The second kappa shape index (κ2) is 9.35. The van der Waals surface area contributed by atoms with Crippen LogP contribution in [0.1, 0.15) is 19.4 Å². The molecule has 3 aromatic carbocycles. The Labute approximate surface area is 200 Å². The fourth-order valence-electron chi connectivity index (χ4n) is 4.84. The second-order valence-electron chi connectivity index (χ2n) is 8.81. The summed E-state index contributed by atoms with van der Waals surface area (Å²) in [6, 6.07) is 18.7. The van der Waals surface area contributed by atoms with Crippen molar-refractivity contribution in [3.8, 4) is 16.9 Å². The molecular formula is C29H30N2O3. The summed E-state index contributed by atoms with van der Waals surface area (Å²) in [5.41, 5.74) is 4.70. The molecule has 4 aromatic rings. The monoisotopic (exact) mass is 454 g/mol. The molecule has 0 N–H and O–H groups in total. The minimum Gasteiger partial charge on any atom is -0.496 e. The molecule has 1 aliphatic rings. The standard InChI is InChI=1S/C29H30N2O3/c1-4-30-12-14-31(15-13-30)29(32)16-20(2)24-17-25-26(19-34-28(25)18-27(24)33-3)23-11-7-9-21-8-5-6-10-22(21)23/h5-11,16-19H,4,12-15H2,1-3H3/b20-16+. The normalized spacial score (nSPS) is 15.3. The molecule has 1 saturated heterocycles. The molecule has 5 rings (SSSR count). The summed E-state index contributed by atoms with van der Waals surface area (Å²) in [4.78, 5) is 17.3. The first kappa shape index (κ1) is 22.2. The van der Waals surface area contributed by atoms with Crippen LogP contribution in [-0.4, -0.2) is 55.5 Å². The van der Waals surface area contributed by atoms with E-state index >= 15 is 0 Å². The fourth-order valence-corrected chi connectivity index (χ4v) is 4.84. The van der Waals surface area contributed by atoms with E-state index in [1.165, 1.54) is 10.8 Å². The van der Waals surface area contributed by atoms with Crippen molar-refractivity contribution in [1.82, 2.24) is 9.80 Å². The number of nitrogens with zero attached hydrogens (tertiary/aromatic N) is 2. The van der Waals surface area contributed by atoms with Crippen LogP contribution in [0.4, 0.5) is 0 Å². The minimum atomic E-state index is 0.0527. The molecule has 0 spiro atoms. The van der Waals surface area contributed by atoms with Crippen LogP contribution in [0.25, 0.3) is 38.4 Å². The van der Waals surface area contributed by atoms with E-state index in [1.54, 1.807) is 13.2 Å². The molecule has 1 amide bonds. The Morgan fingerprint density at radius 1 is 1.00 bits per heavy atom. The van der Waals surface area contributed by atoms with Crippen molar-refractivity contribution in [3.05, 3.63) is 72.5 Å². The van der Waals surface area contributed by atoms with Crippen molar-refractivity contribution in [1.29, 1.82) is 0 Å². The third-order valence-corrected chi connectivity index (χ3v) is 6.87. The first-order valence-corrected chi connectivity index (χ1v) is 11.9. The van der Waals surface area contributed by atoms with Gasteiger partial charge in [-0.1, -0.05) is 49.4 Å². The molecule has 5 heteroatoms. The average molecular weight is 455 g/mol. The highest BCUT2D eigenvalue weighted by Crippen LogP contribution is 2.39. The molecule has 1 aliphatic heterocycles. The number of benzene rings is 3. The van der Waals surface area contributed by atoms with Gasteiger partial charge in [-0.3, -0.25) is 4.79 Å². The van der Waals surface area contributed by atoms with Gasteiger partial charge in [0.15, 0.2) is 0 Å². The van der Waals surface area contributed by atoms with Crippen molar-refractivity contribution in [3.63, 3.8) is 0 Å². The zero-order valence-electron chi connectivity index (χ0n) is 20.0. The fraction of sp³-hybridized carbons (Fsp3) is 0.276. The zero-order chi connectivity index (χ0) is 23.7. The highest BCUT2D eigenvalue weighted by atomic mass is 16.5. The number of fused-ring (bicyclic) bond motifs is 2. The van der Waals surface area contributed by atoms with Gasteiger partial charge in [-0.05, 0) is 41.4 Å². The molecule has 0 atom stereocenters. The molecule has 174 valence electrons. The van der Waals surface area contributed by atoms with Gasteiger partial charge in [0.2, 0.25) is 5.91 Å². The lowest BCUT2D eigenvalue weighted by molar-refractivity contribution is -0.127. The maximum Gasteiger partial charge on any atom is 0.246 e. The Balaban J connectivity index is 1.54. The van der Waals surface area contributed by atoms with Gasteiger partial charge in [-0.2, -0.15) is 0 Å². The molecule has 0 radical (unpaired) electrons. The predicted molar refractivity (Wildman–Crippen MR) is 138 cm³/mol. The van der Waals surface area contributed by atoms with E-state index in [2.05, 4.69) is 60.4 Å². The maximum atomic E-state index is 13.0. The Morgan fingerprint density at radius 2 is 1.76 bits per heavy atom. The summed E-state index contributed by atoms with van der Waals surface area (Å²) in [6.45, 7) is 8.53. The average Bonchev–Trinajstić information content (AvgIpc) is 3.30. The SMILES string of the molecule is CCN1CCN(C(=O)/C=C(\C)c2cc3c(-c4cccc5ccccc45)coc3cc2OC)CC1. The lowest BCUT2D eigenvalue weighted by atomic mass is 9.96. The third-order valence-electron chi connectivity index (χ3n) is 6.87. The Bertz CT molecular complexity index is 1370. The summed E-state index contributed by atoms with van der Waals surface area (Å²) in [6.07, 6.45) is 3.55. The number of rotatable bonds is 5. The highest BCUT2D eigenvalue weighted by molar-refractivity contribution is 6.06. The Morgan fingerprint density at radius 3 is 2.53 bits per heavy atom. The van der Waals surface area contributed by atoms with E-state index < -0.39 is 0 Å². The van der Waals surface area contributed by atoms with E-state index in [0.29, 0.717) is 5.75 Å². The van der Waals surface area contributed by atoms with Crippen LogP contribution in [0.2, 0.25) is 0 Å².